The summed E-state index contributed by atoms with van der Waals surface area (Å²) in [5.74, 6) is -0.0833. The lowest BCUT2D eigenvalue weighted by Gasteiger charge is -2.12. The molecule has 21 heavy (non-hydrogen) atoms. The topological polar surface area (TPSA) is 27.1 Å². The summed E-state index contributed by atoms with van der Waals surface area (Å²) in [6, 6.07) is 2.63. The van der Waals surface area contributed by atoms with Crippen LogP contribution in [0.1, 0.15) is 18.7 Å². The number of ether oxygens (including phenoxy) is 1. The molecule has 0 spiro atoms. The zero-order valence-corrected chi connectivity index (χ0v) is 12.4. The number of aromatic nitrogens is 2. The quantitative estimate of drug-likeness (QED) is 0.790. The summed E-state index contributed by atoms with van der Waals surface area (Å²) in [7, 11) is 0. The summed E-state index contributed by atoms with van der Waals surface area (Å²) in [6.07, 6.45) is 2.43. The van der Waals surface area contributed by atoms with Crippen LogP contribution in [0.2, 0.25) is 0 Å². The molecule has 1 aromatic carbocycles. The molecule has 114 valence electrons. The van der Waals surface area contributed by atoms with Gasteiger partial charge < -0.3 is 9.30 Å². The Morgan fingerprint density at radius 2 is 2.24 bits per heavy atom. The number of benzene rings is 1. The summed E-state index contributed by atoms with van der Waals surface area (Å²) in [4.78, 5) is 4.39. The molecule has 0 amide bonds. The second kappa shape index (κ2) is 6.28. The van der Waals surface area contributed by atoms with Gasteiger partial charge in [-0.3, -0.25) is 0 Å². The summed E-state index contributed by atoms with van der Waals surface area (Å²) in [5.41, 5.74) is 0.728. The van der Waals surface area contributed by atoms with Crippen LogP contribution in [-0.2, 0) is 17.7 Å². The van der Waals surface area contributed by atoms with Crippen LogP contribution in [0.4, 0.5) is 8.78 Å². The molecule has 0 radical (unpaired) electrons. The number of fused-ring (bicyclic) bond motifs is 1. The largest absolute Gasteiger partial charge is 0.381 e. The number of alkyl halides is 1. The van der Waals surface area contributed by atoms with E-state index >= 15 is 0 Å². The lowest BCUT2D eigenvalue weighted by molar-refractivity contribution is 0.183. The fourth-order valence-electron chi connectivity index (χ4n) is 2.84. The number of imidazole rings is 1. The van der Waals surface area contributed by atoms with Crippen LogP contribution in [0.3, 0.4) is 0 Å². The summed E-state index contributed by atoms with van der Waals surface area (Å²) in [5, 5.41) is 0. The van der Waals surface area contributed by atoms with Gasteiger partial charge in [0.25, 0.3) is 0 Å². The molecule has 6 heteroatoms. The highest BCUT2D eigenvalue weighted by Gasteiger charge is 2.20. The average molecular weight is 315 g/mol. The fourth-order valence-corrected chi connectivity index (χ4v) is 3.01. The van der Waals surface area contributed by atoms with Gasteiger partial charge in [0, 0.05) is 32.1 Å². The van der Waals surface area contributed by atoms with E-state index < -0.39 is 11.6 Å². The Kier molecular flexibility index (Phi) is 4.40. The third-order valence-electron chi connectivity index (χ3n) is 3.98. The average Bonchev–Trinajstić information content (AvgIpc) is 3.09. The van der Waals surface area contributed by atoms with Gasteiger partial charge in [-0.05, 0) is 30.9 Å². The number of hydrogen-bond donors (Lipinski definition) is 0. The van der Waals surface area contributed by atoms with Gasteiger partial charge in [-0.2, -0.15) is 0 Å². The first-order valence-corrected chi connectivity index (χ1v) is 7.71. The monoisotopic (exact) mass is 314 g/mol. The van der Waals surface area contributed by atoms with E-state index in [1.165, 1.54) is 6.07 Å². The number of aryl methyl sites for hydroxylation is 2. The minimum atomic E-state index is -0.842. The van der Waals surface area contributed by atoms with E-state index in [-0.39, 0.29) is 5.52 Å². The Morgan fingerprint density at radius 3 is 2.95 bits per heavy atom. The Labute approximate surface area is 126 Å². The molecule has 1 atom stereocenters. The highest BCUT2D eigenvalue weighted by atomic mass is 35.5. The van der Waals surface area contributed by atoms with Crippen molar-refractivity contribution >= 4 is 22.6 Å². The van der Waals surface area contributed by atoms with Crippen molar-refractivity contribution in [2.45, 2.75) is 25.8 Å². The molecule has 2 aromatic rings. The van der Waals surface area contributed by atoms with Crippen LogP contribution in [0, 0.1) is 17.6 Å². The van der Waals surface area contributed by atoms with Crippen LogP contribution in [-0.4, -0.2) is 28.6 Å². The molecule has 1 aromatic heterocycles. The van der Waals surface area contributed by atoms with E-state index in [0.29, 0.717) is 36.1 Å². The normalized spacial score (nSPS) is 18.7. The van der Waals surface area contributed by atoms with Gasteiger partial charge in [0.15, 0.2) is 11.6 Å². The first-order valence-electron chi connectivity index (χ1n) is 7.17. The highest BCUT2D eigenvalue weighted by molar-refractivity contribution is 6.17. The first kappa shape index (κ1) is 14.7. The maximum absolute atomic E-state index is 14.1. The van der Waals surface area contributed by atoms with Crippen molar-refractivity contribution in [1.82, 2.24) is 9.55 Å². The van der Waals surface area contributed by atoms with Gasteiger partial charge >= 0.3 is 0 Å². The predicted octanol–water partition coefficient (Wildman–Crippen LogP) is 3.52. The van der Waals surface area contributed by atoms with E-state index in [1.807, 2.05) is 0 Å². The molecular formula is C15H17ClF2N2O. The Hall–Kier alpha value is -1.20. The molecular weight excluding hydrogens is 298 g/mol. The molecule has 0 aliphatic carbocycles. The Morgan fingerprint density at radius 1 is 1.38 bits per heavy atom. The van der Waals surface area contributed by atoms with Gasteiger partial charge in [0.1, 0.15) is 11.3 Å². The minimum absolute atomic E-state index is 0.244. The molecule has 2 heterocycles. The zero-order valence-electron chi connectivity index (χ0n) is 11.6. The molecule has 1 fully saturated rings. The number of nitrogens with zero attached hydrogens (tertiary/aromatic N) is 2. The molecule has 3 nitrogen and oxygen atoms in total. The zero-order chi connectivity index (χ0) is 14.8. The van der Waals surface area contributed by atoms with Gasteiger partial charge in [0.05, 0.1) is 5.52 Å². The summed E-state index contributed by atoms with van der Waals surface area (Å²) < 4.78 is 34.7. The number of hydrogen-bond acceptors (Lipinski definition) is 2. The maximum Gasteiger partial charge on any atom is 0.184 e. The van der Waals surface area contributed by atoms with Crippen molar-refractivity contribution in [2.24, 2.45) is 5.92 Å². The Balaban J connectivity index is 1.95. The van der Waals surface area contributed by atoms with Gasteiger partial charge in [-0.25, -0.2) is 13.8 Å². The predicted molar refractivity (Wildman–Crippen MR) is 77.6 cm³/mol. The number of halogens is 3. The fraction of sp³-hybridized carbons (Fsp3) is 0.533. The van der Waals surface area contributed by atoms with Crippen LogP contribution in [0.5, 0.6) is 0 Å². The first-order chi connectivity index (χ1) is 10.2. The van der Waals surface area contributed by atoms with Gasteiger partial charge in [0.2, 0.25) is 0 Å². The molecule has 1 aliphatic heterocycles. The molecule has 0 saturated carbocycles. The molecule has 1 aliphatic rings. The lowest BCUT2D eigenvalue weighted by atomic mass is 10.1. The SMILES string of the molecule is Fc1ccc2nc(CCCl)n(CCC3CCOC3)c2c1F. The second-order valence-corrected chi connectivity index (χ2v) is 5.74. The van der Waals surface area contributed by atoms with Crippen molar-refractivity contribution in [3.05, 3.63) is 29.6 Å². The van der Waals surface area contributed by atoms with Crippen molar-refractivity contribution < 1.29 is 13.5 Å². The smallest absolute Gasteiger partial charge is 0.184 e. The van der Waals surface area contributed by atoms with Crippen LogP contribution in [0.25, 0.3) is 11.0 Å². The van der Waals surface area contributed by atoms with E-state index in [0.717, 1.165) is 32.1 Å². The maximum atomic E-state index is 14.1. The minimum Gasteiger partial charge on any atom is -0.381 e. The van der Waals surface area contributed by atoms with Crippen molar-refractivity contribution in [2.75, 3.05) is 19.1 Å². The Bertz CT molecular complexity index is 638. The van der Waals surface area contributed by atoms with Crippen LogP contribution < -0.4 is 0 Å². The number of rotatable bonds is 5. The van der Waals surface area contributed by atoms with Gasteiger partial charge in [-0.15, -0.1) is 11.6 Å². The van der Waals surface area contributed by atoms with Crippen molar-refractivity contribution in [1.29, 1.82) is 0 Å². The van der Waals surface area contributed by atoms with E-state index in [1.54, 1.807) is 4.57 Å². The molecule has 0 bridgehead atoms. The van der Waals surface area contributed by atoms with E-state index in [2.05, 4.69) is 4.98 Å². The highest BCUT2D eigenvalue weighted by Crippen LogP contribution is 2.25. The van der Waals surface area contributed by atoms with E-state index in [9.17, 15) is 8.78 Å². The van der Waals surface area contributed by atoms with Crippen molar-refractivity contribution in [3.63, 3.8) is 0 Å². The molecule has 1 saturated heterocycles. The van der Waals surface area contributed by atoms with Crippen molar-refractivity contribution in [3.8, 4) is 0 Å². The second-order valence-electron chi connectivity index (χ2n) is 5.37. The van der Waals surface area contributed by atoms with E-state index in [4.69, 9.17) is 16.3 Å². The standard InChI is InChI=1S/C15H17ClF2N2O/c16-6-3-13-19-12-2-1-11(17)14(18)15(12)20(13)7-4-10-5-8-21-9-10/h1-2,10H,3-9H2. The summed E-state index contributed by atoms with van der Waals surface area (Å²) >= 11 is 5.79. The summed E-state index contributed by atoms with van der Waals surface area (Å²) in [6.45, 7) is 2.14. The third kappa shape index (κ3) is 2.90. The molecule has 3 rings (SSSR count). The third-order valence-corrected chi connectivity index (χ3v) is 4.17. The van der Waals surface area contributed by atoms with Gasteiger partial charge in [-0.1, -0.05) is 0 Å². The molecule has 1 unspecified atom stereocenters. The lowest BCUT2D eigenvalue weighted by Crippen LogP contribution is -2.10. The van der Waals surface area contributed by atoms with Crippen LogP contribution in [0.15, 0.2) is 12.1 Å². The molecule has 0 N–H and O–H groups in total. The van der Waals surface area contributed by atoms with Crippen LogP contribution >= 0.6 is 11.6 Å².